The van der Waals surface area contributed by atoms with E-state index in [0.29, 0.717) is 0 Å². The van der Waals surface area contributed by atoms with Crippen molar-refractivity contribution in [3.05, 3.63) is 139 Å². The molecule has 2 heterocycles. The fraction of sp³-hybridized carbons (Fsp3) is 0.0526. The highest BCUT2D eigenvalue weighted by Gasteiger charge is 2.22. The summed E-state index contributed by atoms with van der Waals surface area (Å²) in [6, 6.07) is 44.9. The lowest BCUT2D eigenvalue weighted by Crippen LogP contribution is -2.12. The number of fused-ring (bicyclic) bond motifs is 9. The minimum Gasteiger partial charge on any atom is -0.355 e. The maximum atomic E-state index is 3.57. The van der Waals surface area contributed by atoms with E-state index in [4.69, 9.17) is 0 Å². The number of nitrogens with one attached hydrogen (secondary N) is 1. The molecule has 9 rings (SSSR count). The molecule has 0 bridgehead atoms. The highest BCUT2D eigenvalue weighted by molar-refractivity contribution is 6.21. The Morgan fingerprint density at radius 3 is 2.25 bits per heavy atom. The van der Waals surface area contributed by atoms with Gasteiger partial charge in [-0.15, -0.1) is 0 Å². The van der Waals surface area contributed by atoms with E-state index in [1.807, 2.05) is 0 Å². The molecule has 0 radical (unpaired) electrons. The minimum absolute atomic E-state index is 0.268. The van der Waals surface area contributed by atoms with E-state index in [9.17, 15) is 0 Å². The fourth-order valence-electron chi connectivity index (χ4n) is 6.95. The quantitative estimate of drug-likeness (QED) is 0.239. The van der Waals surface area contributed by atoms with Gasteiger partial charge in [-0.2, -0.15) is 0 Å². The van der Waals surface area contributed by atoms with Gasteiger partial charge >= 0.3 is 0 Å². The Morgan fingerprint density at radius 1 is 0.575 bits per heavy atom. The number of hydrogen-bond donors (Lipinski definition) is 1. The van der Waals surface area contributed by atoms with Crippen LogP contribution in [0.25, 0.3) is 71.6 Å². The van der Waals surface area contributed by atoms with Gasteiger partial charge in [0.05, 0.1) is 11.6 Å². The molecule has 188 valence electrons. The lowest BCUT2D eigenvalue weighted by molar-refractivity contribution is 0.636. The van der Waals surface area contributed by atoms with Crippen LogP contribution in [0.15, 0.2) is 127 Å². The van der Waals surface area contributed by atoms with Gasteiger partial charge in [0.2, 0.25) is 0 Å². The molecule has 1 aliphatic rings. The molecule has 0 fully saturated rings. The number of H-pyrrole nitrogens is 1. The number of para-hydroxylation sites is 1. The van der Waals surface area contributed by atoms with E-state index in [1.54, 1.807) is 0 Å². The Kier molecular flexibility index (Phi) is 4.48. The van der Waals surface area contributed by atoms with Crippen molar-refractivity contribution in [3.8, 4) is 11.1 Å². The summed E-state index contributed by atoms with van der Waals surface area (Å²) in [5, 5.41) is 7.79. The second-order valence-electron chi connectivity index (χ2n) is 11.0. The van der Waals surface area contributed by atoms with Crippen LogP contribution in [0.1, 0.15) is 17.2 Å². The number of benzene rings is 6. The summed E-state index contributed by atoms with van der Waals surface area (Å²) in [5.74, 6) is 0. The van der Waals surface area contributed by atoms with Crippen LogP contribution in [0.5, 0.6) is 0 Å². The lowest BCUT2D eigenvalue weighted by Gasteiger charge is -2.23. The topological polar surface area (TPSA) is 20.7 Å². The van der Waals surface area contributed by atoms with Crippen LogP contribution in [0.4, 0.5) is 0 Å². The number of aromatic amines is 1. The van der Waals surface area contributed by atoms with Gasteiger partial charge in [-0.25, -0.2) is 0 Å². The van der Waals surface area contributed by atoms with Crippen molar-refractivity contribution in [1.82, 2.24) is 9.55 Å². The van der Waals surface area contributed by atoms with E-state index in [1.165, 1.54) is 76.6 Å². The molecule has 0 aliphatic heterocycles. The van der Waals surface area contributed by atoms with Crippen molar-refractivity contribution < 1.29 is 0 Å². The molecule has 2 heteroatoms. The van der Waals surface area contributed by atoms with E-state index < -0.39 is 0 Å². The Hall–Kier alpha value is -5.08. The van der Waals surface area contributed by atoms with Gasteiger partial charge in [-0.1, -0.05) is 97.1 Å². The lowest BCUT2D eigenvalue weighted by atomic mass is 9.94. The molecule has 2 nitrogen and oxygen atoms in total. The average molecular weight is 511 g/mol. The zero-order valence-electron chi connectivity index (χ0n) is 21.9. The first-order valence-corrected chi connectivity index (χ1v) is 14.0. The van der Waals surface area contributed by atoms with Gasteiger partial charge in [-0.05, 0) is 75.8 Å². The van der Waals surface area contributed by atoms with Crippen molar-refractivity contribution in [3.63, 3.8) is 0 Å². The van der Waals surface area contributed by atoms with Gasteiger partial charge in [0.15, 0.2) is 0 Å². The molecule has 0 saturated heterocycles. The van der Waals surface area contributed by atoms with Crippen molar-refractivity contribution in [2.45, 2.75) is 12.5 Å². The zero-order chi connectivity index (χ0) is 26.2. The molecular weight excluding hydrogens is 484 g/mol. The average Bonchev–Trinajstić information content (AvgIpc) is 3.56. The number of aromatic nitrogens is 2. The molecule has 1 aliphatic carbocycles. The van der Waals surface area contributed by atoms with Crippen molar-refractivity contribution >= 4 is 60.5 Å². The summed E-state index contributed by atoms with van der Waals surface area (Å²) in [7, 11) is 0. The number of nitrogens with zero attached hydrogens (tertiary/aromatic N) is 1. The fourth-order valence-corrected chi connectivity index (χ4v) is 6.95. The van der Waals surface area contributed by atoms with Gasteiger partial charge in [0, 0.05) is 38.1 Å². The SMILES string of the molecule is C1=CC(n2c3ccc(-c4ccc5[nH]c6ccccc6c5c4)cc3c3c4ccccc4ccc32)Cc2ccccc21. The Labute approximate surface area is 231 Å². The number of allylic oxidation sites excluding steroid dienone is 1. The first-order valence-electron chi connectivity index (χ1n) is 14.0. The molecule has 0 saturated carbocycles. The standard InChI is InChI=1S/C38H26N2/c1-2-9-26-21-29(17-13-24(26)7-1)40-36-19-16-28(23-33(36)38-30-10-4-3-8-25(30)15-20-37(38)40)27-14-18-35-32(22-27)31-11-5-6-12-34(31)39-35/h1-20,22-23,29,39H,21H2. The van der Waals surface area contributed by atoms with Crippen LogP contribution in [-0.2, 0) is 6.42 Å². The summed E-state index contributed by atoms with van der Waals surface area (Å²) >= 11 is 0. The van der Waals surface area contributed by atoms with Crippen LogP contribution in [0, 0.1) is 0 Å². The van der Waals surface area contributed by atoms with Crippen LogP contribution in [0.2, 0.25) is 0 Å². The molecule has 1 atom stereocenters. The smallest absolute Gasteiger partial charge is 0.0566 e. The predicted octanol–water partition coefficient (Wildman–Crippen LogP) is 10.1. The summed E-state index contributed by atoms with van der Waals surface area (Å²) in [6.07, 6.45) is 5.68. The molecule has 6 aromatic carbocycles. The Balaban J connectivity index is 1.30. The summed E-state index contributed by atoms with van der Waals surface area (Å²) in [6.45, 7) is 0. The third-order valence-corrected chi connectivity index (χ3v) is 8.85. The van der Waals surface area contributed by atoms with Gasteiger partial charge < -0.3 is 9.55 Å². The molecule has 1 unspecified atom stereocenters. The molecular formula is C38H26N2. The third kappa shape index (κ3) is 3.11. The first kappa shape index (κ1) is 21.8. The van der Waals surface area contributed by atoms with Crippen LogP contribution < -0.4 is 0 Å². The molecule has 2 aromatic heterocycles. The van der Waals surface area contributed by atoms with Crippen LogP contribution in [0.3, 0.4) is 0 Å². The molecule has 8 aromatic rings. The van der Waals surface area contributed by atoms with Crippen LogP contribution in [-0.4, -0.2) is 9.55 Å². The third-order valence-electron chi connectivity index (χ3n) is 8.85. The highest BCUT2D eigenvalue weighted by atomic mass is 15.0. The summed E-state index contributed by atoms with van der Waals surface area (Å²) < 4.78 is 2.57. The van der Waals surface area contributed by atoms with Gasteiger partial charge in [-0.3, -0.25) is 0 Å². The van der Waals surface area contributed by atoms with E-state index in [2.05, 4.69) is 143 Å². The van der Waals surface area contributed by atoms with E-state index in [-0.39, 0.29) is 6.04 Å². The van der Waals surface area contributed by atoms with Gasteiger partial charge in [0.1, 0.15) is 0 Å². The normalized spacial score (nSPS) is 15.1. The predicted molar refractivity (Wildman–Crippen MR) is 170 cm³/mol. The monoisotopic (exact) mass is 510 g/mol. The Morgan fingerprint density at radius 2 is 1.30 bits per heavy atom. The van der Waals surface area contributed by atoms with Crippen LogP contribution >= 0.6 is 0 Å². The summed E-state index contributed by atoms with van der Waals surface area (Å²) in [5.41, 5.74) is 10.2. The largest absolute Gasteiger partial charge is 0.355 e. The maximum Gasteiger partial charge on any atom is 0.0566 e. The molecule has 0 spiro atoms. The summed E-state index contributed by atoms with van der Waals surface area (Å²) in [4.78, 5) is 3.57. The zero-order valence-corrected chi connectivity index (χ0v) is 21.9. The number of hydrogen-bond acceptors (Lipinski definition) is 0. The van der Waals surface area contributed by atoms with Crippen molar-refractivity contribution in [2.75, 3.05) is 0 Å². The first-order chi connectivity index (χ1) is 19.8. The van der Waals surface area contributed by atoms with E-state index in [0.717, 1.165) is 6.42 Å². The number of rotatable bonds is 2. The van der Waals surface area contributed by atoms with Gasteiger partial charge in [0.25, 0.3) is 0 Å². The van der Waals surface area contributed by atoms with E-state index >= 15 is 0 Å². The van der Waals surface area contributed by atoms with Crippen molar-refractivity contribution in [2.24, 2.45) is 0 Å². The highest BCUT2D eigenvalue weighted by Crippen LogP contribution is 2.41. The molecule has 0 amide bonds. The van der Waals surface area contributed by atoms with Crippen molar-refractivity contribution in [1.29, 1.82) is 0 Å². The molecule has 40 heavy (non-hydrogen) atoms. The second kappa shape index (κ2) is 8.21. The minimum atomic E-state index is 0.268. The maximum absolute atomic E-state index is 3.57. The Bertz CT molecular complexity index is 2310. The molecule has 1 N–H and O–H groups in total. The second-order valence-corrected chi connectivity index (χ2v) is 11.0.